The van der Waals surface area contributed by atoms with Crippen molar-refractivity contribution < 1.29 is 22.7 Å². The van der Waals surface area contributed by atoms with E-state index < -0.39 is 15.9 Å². The molecule has 2 aliphatic rings. The van der Waals surface area contributed by atoms with E-state index in [4.69, 9.17) is 4.74 Å². The van der Waals surface area contributed by atoms with Gasteiger partial charge < -0.3 is 15.0 Å². The summed E-state index contributed by atoms with van der Waals surface area (Å²) in [7, 11) is -1.68. The largest absolute Gasteiger partial charge is 0.497 e. The fourth-order valence-corrected chi connectivity index (χ4v) is 5.92. The lowest BCUT2D eigenvalue weighted by molar-refractivity contribution is -0.122. The van der Waals surface area contributed by atoms with Gasteiger partial charge >= 0.3 is 0 Å². The number of carbonyl (C=O) groups is 2. The molecule has 1 N–H and O–H groups in total. The molecule has 2 amide bonds. The van der Waals surface area contributed by atoms with Gasteiger partial charge in [0, 0.05) is 43.0 Å². The van der Waals surface area contributed by atoms with E-state index in [2.05, 4.69) is 10.3 Å². The normalized spacial score (nSPS) is 19.4. The van der Waals surface area contributed by atoms with E-state index in [0.29, 0.717) is 30.4 Å². The zero-order chi connectivity index (χ0) is 22.2. The molecule has 0 bridgehead atoms. The molecule has 0 aliphatic carbocycles. The first-order valence-electron chi connectivity index (χ1n) is 10.0. The number of hydrogen-bond acceptors (Lipinski definition) is 7. The summed E-state index contributed by atoms with van der Waals surface area (Å²) in [5.41, 5.74) is 1.55. The summed E-state index contributed by atoms with van der Waals surface area (Å²) in [5.74, 6) is -0.0848. The molecule has 1 saturated heterocycles. The van der Waals surface area contributed by atoms with Gasteiger partial charge in [-0.25, -0.2) is 13.4 Å². The van der Waals surface area contributed by atoms with E-state index in [1.807, 2.05) is 0 Å². The molecule has 4 rings (SSSR count). The number of amides is 2. The fourth-order valence-electron chi connectivity index (χ4n) is 3.75. The van der Waals surface area contributed by atoms with E-state index >= 15 is 0 Å². The number of sulfonamides is 1. The molecule has 1 atom stereocenters. The van der Waals surface area contributed by atoms with Crippen molar-refractivity contribution in [1.82, 2.24) is 9.29 Å². The summed E-state index contributed by atoms with van der Waals surface area (Å²) in [5, 5.41) is 3.27. The number of nitrogens with zero attached hydrogens (tertiary/aromatic N) is 3. The van der Waals surface area contributed by atoms with Crippen LogP contribution >= 0.6 is 11.3 Å². The number of rotatable bonds is 6. The summed E-state index contributed by atoms with van der Waals surface area (Å²) >= 11 is 1.29. The van der Waals surface area contributed by atoms with Crippen molar-refractivity contribution in [2.24, 2.45) is 5.92 Å². The van der Waals surface area contributed by atoms with Gasteiger partial charge in [-0.2, -0.15) is 4.31 Å². The Morgan fingerprint density at radius 3 is 2.74 bits per heavy atom. The number of nitrogens with one attached hydrogen (secondary N) is 1. The molecular weight excluding hydrogens is 440 g/mol. The molecule has 0 radical (unpaired) electrons. The summed E-state index contributed by atoms with van der Waals surface area (Å²) in [6, 6.07) is 7.14. The van der Waals surface area contributed by atoms with Crippen LogP contribution in [-0.2, 0) is 32.6 Å². The van der Waals surface area contributed by atoms with Crippen molar-refractivity contribution in [2.75, 3.05) is 36.2 Å². The zero-order valence-electron chi connectivity index (χ0n) is 17.3. The van der Waals surface area contributed by atoms with E-state index in [1.54, 1.807) is 43.2 Å². The molecule has 1 fully saturated rings. The molecule has 0 spiro atoms. The van der Waals surface area contributed by atoms with Gasteiger partial charge in [0.05, 0.1) is 24.5 Å². The quantitative estimate of drug-likeness (QED) is 0.699. The Kier molecular flexibility index (Phi) is 6.00. The average Bonchev–Trinajstić information content (AvgIpc) is 3.36. The topological polar surface area (TPSA) is 109 Å². The predicted molar refractivity (Wildman–Crippen MR) is 118 cm³/mol. The average molecular weight is 465 g/mol. The zero-order valence-corrected chi connectivity index (χ0v) is 19.0. The van der Waals surface area contributed by atoms with E-state index in [1.165, 1.54) is 15.6 Å². The van der Waals surface area contributed by atoms with E-state index in [-0.39, 0.29) is 30.5 Å². The molecule has 31 heavy (non-hydrogen) atoms. The number of thiazole rings is 1. The highest BCUT2D eigenvalue weighted by Gasteiger charge is 2.36. The number of methoxy groups -OCH3 is 1. The van der Waals surface area contributed by atoms with Crippen LogP contribution in [0.5, 0.6) is 5.75 Å². The first-order chi connectivity index (χ1) is 14.8. The monoisotopic (exact) mass is 464 g/mol. The third-order valence-corrected chi connectivity index (χ3v) is 8.39. The number of anilines is 2. The maximum Gasteiger partial charge on any atom is 0.231 e. The summed E-state index contributed by atoms with van der Waals surface area (Å²) in [6.45, 7) is 2.60. The van der Waals surface area contributed by atoms with Gasteiger partial charge in [0.2, 0.25) is 21.8 Å². The smallest absolute Gasteiger partial charge is 0.231 e. The van der Waals surface area contributed by atoms with Gasteiger partial charge in [-0.3, -0.25) is 9.59 Å². The lowest BCUT2D eigenvalue weighted by atomic mass is 10.1. The Hall–Kier alpha value is -2.50. The molecule has 1 aromatic carbocycles. The van der Waals surface area contributed by atoms with Crippen molar-refractivity contribution in [3.05, 3.63) is 34.8 Å². The second-order valence-corrected chi connectivity index (χ2v) is 10.8. The Bertz CT molecular complexity index is 1100. The van der Waals surface area contributed by atoms with Crippen molar-refractivity contribution in [1.29, 1.82) is 0 Å². The molecule has 166 valence electrons. The van der Waals surface area contributed by atoms with Crippen LogP contribution in [0.3, 0.4) is 0 Å². The summed E-state index contributed by atoms with van der Waals surface area (Å²) < 4.78 is 30.9. The number of carbonyl (C=O) groups excluding carboxylic acids is 2. The first kappa shape index (κ1) is 21.7. The number of aromatic nitrogens is 1. The SMILES string of the molecule is CCS(=O)(=O)N1CCc2nc(NC(=O)C3CC(=O)N(c4ccc(OC)cc4)C3)sc2C1. The second-order valence-electron chi connectivity index (χ2n) is 7.47. The highest BCUT2D eigenvalue weighted by atomic mass is 32.2. The van der Waals surface area contributed by atoms with Crippen LogP contribution < -0.4 is 15.0 Å². The first-order valence-corrected chi connectivity index (χ1v) is 12.4. The standard InChI is InChI=1S/C20H24N4O5S2/c1-3-31(27,28)23-9-8-16-17(12-23)30-20(21-16)22-19(26)13-10-18(25)24(11-13)14-4-6-15(29-2)7-5-14/h4-7,13H,3,8-12H2,1-2H3,(H,21,22,26). The highest BCUT2D eigenvalue weighted by molar-refractivity contribution is 7.89. The molecule has 2 aromatic rings. The van der Waals surface area contributed by atoms with Crippen molar-refractivity contribution in [2.45, 2.75) is 26.3 Å². The fraction of sp³-hybridized carbons (Fsp3) is 0.450. The number of fused-ring (bicyclic) bond motifs is 1. The minimum atomic E-state index is -3.26. The number of benzene rings is 1. The maximum absolute atomic E-state index is 12.8. The summed E-state index contributed by atoms with van der Waals surface area (Å²) in [4.78, 5) is 32.1. The van der Waals surface area contributed by atoms with E-state index in [9.17, 15) is 18.0 Å². The van der Waals surface area contributed by atoms with Gasteiger partial charge in [0.1, 0.15) is 5.75 Å². The third-order valence-electron chi connectivity index (χ3n) is 5.56. The van der Waals surface area contributed by atoms with Gasteiger partial charge in [-0.1, -0.05) is 0 Å². The molecule has 9 nitrogen and oxygen atoms in total. The lowest BCUT2D eigenvalue weighted by Gasteiger charge is -2.24. The van der Waals surface area contributed by atoms with Crippen LogP contribution in [0.2, 0.25) is 0 Å². The van der Waals surface area contributed by atoms with Crippen LogP contribution in [-0.4, -0.2) is 55.5 Å². The Morgan fingerprint density at radius 2 is 2.06 bits per heavy atom. The molecule has 1 unspecified atom stereocenters. The van der Waals surface area contributed by atoms with E-state index in [0.717, 1.165) is 16.3 Å². The van der Waals surface area contributed by atoms with Crippen molar-refractivity contribution >= 4 is 44.0 Å². The number of ether oxygens (including phenoxy) is 1. The van der Waals surface area contributed by atoms with Crippen molar-refractivity contribution in [3.63, 3.8) is 0 Å². The van der Waals surface area contributed by atoms with Gasteiger partial charge in [-0.05, 0) is 31.2 Å². The van der Waals surface area contributed by atoms with Crippen molar-refractivity contribution in [3.8, 4) is 5.75 Å². The Morgan fingerprint density at radius 1 is 1.32 bits per heavy atom. The molecule has 11 heteroatoms. The predicted octanol–water partition coefficient (Wildman–Crippen LogP) is 1.85. The summed E-state index contributed by atoms with van der Waals surface area (Å²) in [6.07, 6.45) is 0.652. The Balaban J connectivity index is 1.41. The number of hydrogen-bond donors (Lipinski definition) is 1. The molecule has 1 aromatic heterocycles. The molecule has 2 aliphatic heterocycles. The molecular formula is C20H24N4O5S2. The molecule has 3 heterocycles. The minimum absolute atomic E-state index is 0.0606. The van der Waals surface area contributed by atoms with Crippen LogP contribution in [0.4, 0.5) is 10.8 Å². The second kappa shape index (κ2) is 8.56. The van der Waals surface area contributed by atoms with Crippen LogP contribution in [0.1, 0.15) is 23.9 Å². The minimum Gasteiger partial charge on any atom is -0.497 e. The van der Waals surface area contributed by atoms with Gasteiger partial charge in [-0.15, -0.1) is 11.3 Å². The van der Waals surface area contributed by atoms with Crippen LogP contribution in [0.15, 0.2) is 24.3 Å². The van der Waals surface area contributed by atoms with Gasteiger partial charge in [0.25, 0.3) is 0 Å². The Labute approximate surface area is 185 Å². The maximum atomic E-state index is 12.8. The lowest BCUT2D eigenvalue weighted by Crippen LogP contribution is -2.36. The van der Waals surface area contributed by atoms with Crippen LogP contribution in [0.25, 0.3) is 0 Å². The van der Waals surface area contributed by atoms with Gasteiger partial charge in [0.15, 0.2) is 5.13 Å². The molecule has 0 saturated carbocycles. The van der Waals surface area contributed by atoms with Crippen LogP contribution in [0, 0.1) is 5.92 Å². The third kappa shape index (κ3) is 4.43. The highest BCUT2D eigenvalue weighted by Crippen LogP contribution is 2.31.